The minimum absolute atomic E-state index is 0.0124. The lowest BCUT2D eigenvalue weighted by atomic mass is 9.95. The van der Waals surface area contributed by atoms with E-state index in [1.54, 1.807) is 12.1 Å². The molecule has 5 rings (SSSR count). The highest BCUT2D eigenvalue weighted by molar-refractivity contribution is 6.31. The number of benzene rings is 2. The van der Waals surface area contributed by atoms with E-state index in [2.05, 4.69) is 9.88 Å². The average Bonchev–Trinajstić information content (AvgIpc) is 3.07. The molecule has 1 N–H and O–H groups in total. The number of rotatable bonds is 2. The predicted molar refractivity (Wildman–Crippen MR) is 94.9 cm³/mol. The molecule has 7 heteroatoms. The van der Waals surface area contributed by atoms with E-state index >= 15 is 0 Å². The minimum Gasteiger partial charge on any atom is -0.434 e. The summed E-state index contributed by atoms with van der Waals surface area (Å²) in [6.07, 6.45) is 0.742. The molecule has 0 radical (unpaired) electrons. The maximum absolute atomic E-state index is 13.0. The summed E-state index contributed by atoms with van der Waals surface area (Å²) in [5.41, 5.74) is 3.54. The van der Waals surface area contributed by atoms with Crippen LogP contribution in [0.5, 0.6) is 5.75 Å². The second kappa shape index (κ2) is 5.66. The number of aromatic nitrogens is 2. The van der Waals surface area contributed by atoms with Gasteiger partial charge in [-0.2, -0.15) is 8.78 Å². The van der Waals surface area contributed by atoms with E-state index in [4.69, 9.17) is 21.3 Å². The molecule has 26 heavy (non-hydrogen) atoms. The highest BCUT2D eigenvalue weighted by Crippen LogP contribution is 2.49. The highest BCUT2D eigenvalue weighted by Gasteiger charge is 2.41. The summed E-state index contributed by atoms with van der Waals surface area (Å²) in [5.74, 6) is 1.14. The van der Waals surface area contributed by atoms with E-state index in [0.717, 1.165) is 34.4 Å². The maximum Gasteiger partial charge on any atom is 0.387 e. The van der Waals surface area contributed by atoms with Gasteiger partial charge in [0.05, 0.1) is 23.1 Å². The Hall–Kier alpha value is -2.18. The summed E-state index contributed by atoms with van der Waals surface area (Å²) in [4.78, 5) is 4.77. The number of imidazole rings is 1. The Balaban J connectivity index is 1.78. The first kappa shape index (κ1) is 16.0. The van der Waals surface area contributed by atoms with Crippen molar-refractivity contribution in [1.29, 1.82) is 0 Å². The summed E-state index contributed by atoms with van der Waals surface area (Å²) in [7, 11) is 0. The second-order valence-corrected chi connectivity index (χ2v) is 7.24. The van der Waals surface area contributed by atoms with Gasteiger partial charge in [-0.05, 0) is 43.2 Å². The smallest absolute Gasteiger partial charge is 0.387 e. The molecule has 0 saturated carbocycles. The summed E-state index contributed by atoms with van der Waals surface area (Å²) in [5, 5.41) is 4.20. The molecule has 4 nitrogen and oxygen atoms in total. The van der Waals surface area contributed by atoms with Crippen LogP contribution in [0.25, 0.3) is 11.0 Å². The van der Waals surface area contributed by atoms with Crippen molar-refractivity contribution in [2.45, 2.75) is 38.1 Å². The van der Waals surface area contributed by atoms with Crippen molar-refractivity contribution in [1.82, 2.24) is 14.9 Å². The highest BCUT2D eigenvalue weighted by atomic mass is 35.5. The molecule has 3 atom stereocenters. The summed E-state index contributed by atoms with van der Waals surface area (Å²) in [6, 6.07) is 10.9. The SMILES string of the molecule is C[C@@H]1N[C@@H]2C[C@H](c3c(OC(F)F)cccc31)n1c2nc2ccc(Cl)cc21. The Labute approximate surface area is 153 Å². The van der Waals surface area contributed by atoms with E-state index in [9.17, 15) is 8.78 Å². The molecule has 0 aliphatic carbocycles. The van der Waals surface area contributed by atoms with Crippen molar-refractivity contribution in [2.24, 2.45) is 0 Å². The molecular formula is C19H16ClF2N3O. The molecule has 2 bridgehead atoms. The number of fused-ring (bicyclic) bond motifs is 9. The van der Waals surface area contributed by atoms with Crippen LogP contribution in [-0.2, 0) is 0 Å². The molecule has 0 fully saturated rings. The molecule has 134 valence electrons. The first-order valence-electron chi connectivity index (χ1n) is 8.54. The van der Waals surface area contributed by atoms with Crippen molar-refractivity contribution in [3.63, 3.8) is 0 Å². The Kier molecular flexibility index (Phi) is 3.49. The van der Waals surface area contributed by atoms with Gasteiger partial charge in [-0.25, -0.2) is 4.98 Å². The van der Waals surface area contributed by atoms with Crippen LogP contribution in [0, 0.1) is 0 Å². The summed E-state index contributed by atoms with van der Waals surface area (Å²) >= 11 is 6.20. The molecule has 1 aromatic heterocycles. The van der Waals surface area contributed by atoms with Crippen molar-refractivity contribution in [3.8, 4) is 5.75 Å². The lowest BCUT2D eigenvalue weighted by Crippen LogP contribution is -2.24. The minimum atomic E-state index is -2.86. The maximum atomic E-state index is 13.0. The Morgan fingerprint density at radius 2 is 2.15 bits per heavy atom. The summed E-state index contributed by atoms with van der Waals surface area (Å²) < 4.78 is 33.0. The number of hydrogen-bond acceptors (Lipinski definition) is 3. The fourth-order valence-electron chi connectivity index (χ4n) is 4.37. The largest absolute Gasteiger partial charge is 0.434 e. The van der Waals surface area contributed by atoms with E-state index in [0.29, 0.717) is 5.02 Å². The number of halogens is 3. The topological polar surface area (TPSA) is 39.1 Å². The predicted octanol–water partition coefficient (Wildman–Crippen LogP) is 4.99. The third-order valence-corrected chi connectivity index (χ3v) is 5.56. The van der Waals surface area contributed by atoms with Gasteiger partial charge in [0.25, 0.3) is 0 Å². The molecule has 3 aromatic rings. The monoisotopic (exact) mass is 375 g/mol. The second-order valence-electron chi connectivity index (χ2n) is 6.80. The zero-order valence-corrected chi connectivity index (χ0v) is 14.7. The van der Waals surface area contributed by atoms with Gasteiger partial charge in [0, 0.05) is 16.6 Å². The molecule has 2 aliphatic rings. The zero-order valence-electron chi connectivity index (χ0n) is 13.9. The average molecular weight is 376 g/mol. The zero-order chi connectivity index (χ0) is 18.0. The number of hydrogen-bond donors (Lipinski definition) is 1. The lowest BCUT2D eigenvalue weighted by molar-refractivity contribution is -0.0507. The molecule has 3 heterocycles. The van der Waals surface area contributed by atoms with Gasteiger partial charge < -0.3 is 14.6 Å². The Morgan fingerprint density at radius 1 is 1.31 bits per heavy atom. The van der Waals surface area contributed by atoms with E-state index < -0.39 is 6.61 Å². The van der Waals surface area contributed by atoms with Crippen LogP contribution < -0.4 is 10.1 Å². The van der Waals surface area contributed by atoms with Crippen molar-refractivity contribution in [3.05, 3.63) is 58.4 Å². The van der Waals surface area contributed by atoms with Gasteiger partial charge in [0.15, 0.2) is 0 Å². The molecule has 2 aromatic carbocycles. The van der Waals surface area contributed by atoms with Gasteiger partial charge in [0.1, 0.15) is 11.6 Å². The number of nitrogens with one attached hydrogen (secondary N) is 1. The van der Waals surface area contributed by atoms with Gasteiger partial charge in [-0.1, -0.05) is 23.7 Å². The first-order chi connectivity index (χ1) is 12.5. The van der Waals surface area contributed by atoms with Crippen LogP contribution in [-0.4, -0.2) is 16.2 Å². The quantitative estimate of drug-likeness (QED) is 0.685. The van der Waals surface area contributed by atoms with Crippen LogP contribution >= 0.6 is 11.6 Å². The van der Waals surface area contributed by atoms with E-state index in [1.165, 1.54) is 0 Å². The van der Waals surface area contributed by atoms with Crippen molar-refractivity contribution < 1.29 is 13.5 Å². The van der Waals surface area contributed by atoms with Gasteiger partial charge in [-0.3, -0.25) is 0 Å². The van der Waals surface area contributed by atoms with E-state index in [-0.39, 0.29) is 23.9 Å². The Bertz CT molecular complexity index is 1020. The van der Waals surface area contributed by atoms with Crippen molar-refractivity contribution >= 4 is 22.6 Å². The number of nitrogens with zero attached hydrogens (tertiary/aromatic N) is 2. The van der Waals surface area contributed by atoms with Crippen LogP contribution in [0.1, 0.15) is 48.4 Å². The lowest BCUT2D eigenvalue weighted by Gasteiger charge is -2.24. The first-order valence-corrected chi connectivity index (χ1v) is 8.92. The molecule has 2 aliphatic heterocycles. The third-order valence-electron chi connectivity index (χ3n) is 5.33. The third kappa shape index (κ3) is 2.25. The van der Waals surface area contributed by atoms with E-state index in [1.807, 2.05) is 31.2 Å². The number of alkyl halides is 2. The summed E-state index contributed by atoms with van der Waals surface area (Å²) in [6.45, 7) is -0.825. The normalized spacial score (nSPS) is 23.8. The van der Waals surface area contributed by atoms with Crippen LogP contribution in [0.4, 0.5) is 8.78 Å². The standard InChI is InChI=1S/C19H16ClF2N3O/c1-9-11-3-2-4-16(26-19(21)22)17(11)15-8-13(23-9)18-24-12-6-5-10(20)7-14(12)25(15)18/h2-7,9,13,15,19,23H,8H2,1H3/t9-,13+,15+/m0/s1. The van der Waals surface area contributed by atoms with Crippen LogP contribution in [0.15, 0.2) is 36.4 Å². The van der Waals surface area contributed by atoms with Gasteiger partial charge in [-0.15, -0.1) is 0 Å². The van der Waals surface area contributed by atoms with Crippen LogP contribution in [0.2, 0.25) is 5.02 Å². The molecule has 0 spiro atoms. The van der Waals surface area contributed by atoms with Gasteiger partial charge >= 0.3 is 6.61 Å². The fraction of sp³-hybridized carbons (Fsp3) is 0.316. The van der Waals surface area contributed by atoms with Crippen LogP contribution in [0.3, 0.4) is 0 Å². The molecule has 0 saturated heterocycles. The Morgan fingerprint density at radius 3 is 2.96 bits per heavy atom. The molecule has 0 unspecified atom stereocenters. The molecule has 0 amide bonds. The molecular weight excluding hydrogens is 360 g/mol. The fourth-order valence-corrected chi connectivity index (χ4v) is 4.53. The van der Waals surface area contributed by atoms with Gasteiger partial charge in [0.2, 0.25) is 0 Å². The number of ether oxygens (including phenoxy) is 1. The van der Waals surface area contributed by atoms with Crippen molar-refractivity contribution in [2.75, 3.05) is 0 Å².